The van der Waals surface area contributed by atoms with Crippen LogP contribution >= 0.6 is 0 Å². The zero-order valence-corrected chi connectivity index (χ0v) is 12.9. The van der Waals surface area contributed by atoms with Crippen LogP contribution in [0.15, 0.2) is 0 Å². The second kappa shape index (κ2) is 6.41. The third kappa shape index (κ3) is 3.29. The van der Waals surface area contributed by atoms with E-state index < -0.39 is 0 Å². The molecule has 2 bridgehead atoms. The maximum absolute atomic E-state index is 3.84. The van der Waals surface area contributed by atoms with E-state index in [1.54, 1.807) is 12.8 Å². The molecule has 2 fully saturated rings. The van der Waals surface area contributed by atoms with E-state index in [1.165, 1.54) is 32.2 Å². The predicted molar refractivity (Wildman–Crippen MR) is 79.6 cm³/mol. The van der Waals surface area contributed by atoms with Crippen molar-refractivity contribution in [3.63, 3.8) is 0 Å². The molecule has 0 radical (unpaired) electrons. The molecule has 0 heterocycles. The molecule has 0 saturated heterocycles. The lowest BCUT2D eigenvalue weighted by molar-refractivity contribution is 0.215. The van der Waals surface area contributed by atoms with Crippen LogP contribution in [0, 0.1) is 29.6 Å². The van der Waals surface area contributed by atoms with E-state index in [0.29, 0.717) is 0 Å². The van der Waals surface area contributed by atoms with Crippen molar-refractivity contribution in [1.29, 1.82) is 0 Å². The van der Waals surface area contributed by atoms with Gasteiger partial charge in [-0.25, -0.2) is 0 Å². The van der Waals surface area contributed by atoms with E-state index >= 15 is 0 Å². The van der Waals surface area contributed by atoms with Crippen molar-refractivity contribution < 1.29 is 0 Å². The molecule has 1 N–H and O–H groups in total. The molecule has 2 saturated carbocycles. The average Bonchev–Trinajstić information content (AvgIpc) is 2.95. The van der Waals surface area contributed by atoms with Gasteiger partial charge in [0.15, 0.2) is 0 Å². The molecule has 5 unspecified atom stereocenters. The van der Waals surface area contributed by atoms with Gasteiger partial charge in [0.25, 0.3) is 0 Å². The lowest BCUT2D eigenvalue weighted by Crippen LogP contribution is -2.40. The molecule has 0 aromatic heterocycles. The van der Waals surface area contributed by atoms with Gasteiger partial charge >= 0.3 is 0 Å². The van der Waals surface area contributed by atoms with Gasteiger partial charge in [0.2, 0.25) is 0 Å². The summed E-state index contributed by atoms with van der Waals surface area (Å²) in [5.41, 5.74) is 0. The Morgan fingerprint density at radius 1 is 1.11 bits per heavy atom. The fraction of sp³-hybridized carbons (Fsp3) is 1.00. The molecule has 5 atom stereocenters. The largest absolute Gasteiger partial charge is 0.314 e. The molecule has 106 valence electrons. The van der Waals surface area contributed by atoms with Crippen LogP contribution in [0.4, 0.5) is 0 Å². The smallest absolute Gasteiger partial charge is 0.00978 e. The Hall–Kier alpha value is -0.0400. The molecule has 0 amide bonds. The Labute approximate surface area is 114 Å². The van der Waals surface area contributed by atoms with Crippen LogP contribution in [0.5, 0.6) is 0 Å². The van der Waals surface area contributed by atoms with Crippen LogP contribution in [-0.2, 0) is 0 Å². The molecular weight excluding hydrogens is 218 g/mol. The van der Waals surface area contributed by atoms with Gasteiger partial charge in [-0.1, -0.05) is 34.1 Å². The van der Waals surface area contributed by atoms with Crippen LogP contribution in [0.3, 0.4) is 0 Å². The molecular formula is C17H33N. The Morgan fingerprint density at radius 2 is 1.89 bits per heavy atom. The highest BCUT2D eigenvalue weighted by molar-refractivity contribution is 4.92. The minimum Gasteiger partial charge on any atom is -0.314 e. The van der Waals surface area contributed by atoms with Crippen molar-refractivity contribution in [2.45, 2.75) is 72.3 Å². The Kier molecular flexibility index (Phi) is 5.12. The van der Waals surface area contributed by atoms with Crippen molar-refractivity contribution in [2.24, 2.45) is 29.6 Å². The van der Waals surface area contributed by atoms with Crippen molar-refractivity contribution in [1.82, 2.24) is 5.32 Å². The summed E-state index contributed by atoms with van der Waals surface area (Å²) in [4.78, 5) is 0. The molecule has 0 spiro atoms. The summed E-state index contributed by atoms with van der Waals surface area (Å²) in [7, 11) is 0. The molecule has 1 nitrogen and oxygen atoms in total. The fourth-order valence-electron chi connectivity index (χ4n) is 4.27. The standard InChI is InChI=1S/C17H33N/c1-5-8-18-17(13(4)12(2)3)11-16-10-14-6-7-15(16)9-14/h12-18H,5-11H2,1-4H3. The second-order valence-electron chi connectivity index (χ2n) is 7.33. The van der Waals surface area contributed by atoms with Crippen molar-refractivity contribution in [3.05, 3.63) is 0 Å². The maximum Gasteiger partial charge on any atom is 0.00978 e. The quantitative estimate of drug-likeness (QED) is 0.704. The lowest BCUT2D eigenvalue weighted by atomic mass is 9.79. The normalized spacial score (nSPS) is 34.2. The highest BCUT2D eigenvalue weighted by Gasteiger charge is 2.40. The minimum atomic E-state index is 0.759. The molecule has 18 heavy (non-hydrogen) atoms. The number of rotatable bonds is 7. The van der Waals surface area contributed by atoms with Crippen LogP contribution in [-0.4, -0.2) is 12.6 Å². The second-order valence-corrected chi connectivity index (χ2v) is 7.33. The zero-order valence-electron chi connectivity index (χ0n) is 12.9. The molecule has 1 heteroatoms. The highest BCUT2D eigenvalue weighted by Crippen LogP contribution is 2.50. The first kappa shape index (κ1) is 14.4. The van der Waals surface area contributed by atoms with Crippen molar-refractivity contribution in [2.75, 3.05) is 6.54 Å². The summed E-state index contributed by atoms with van der Waals surface area (Å²) >= 11 is 0. The van der Waals surface area contributed by atoms with Gasteiger partial charge in [-0.3, -0.25) is 0 Å². The summed E-state index contributed by atoms with van der Waals surface area (Å²) in [5, 5.41) is 3.84. The van der Waals surface area contributed by atoms with Gasteiger partial charge in [0, 0.05) is 6.04 Å². The maximum atomic E-state index is 3.84. The third-order valence-corrected chi connectivity index (χ3v) is 5.78. The monoisotopic (exact) mass is 251 g/mol. The molecule has 2 rings (SSSR count). The molecule has 2 aliphatic rings. The highest BCUT2D eigenvalue weighted by atomic mass is 14.9. The zero-order chi connectivity index (χ0) is 13.1. The minimum absolute atomic E-state index is 0.759. The Morgan fingerprint density at radius 3 is 2.39 bits per heavy atom. The first-order chi connectivity index (χ1) is 8.61. The Bertz CT molecular complexity index is 248. The average molecular weight is 251 g/mol. The van der Waals surface area contributed by atoms with Crippen molar-refractivity contribution >= 4 is 0 Å². The molecule has 0 aromatic carbocycles. The number of nitrogens with one attached hydrogen (secondary N) is 1. The van der Waals surface area contributed by atoms with Gasteiger partial charge in [-0.05, 0) is 68.2 Å². The molecule has 0 aliphatic heterocycles. The van der Waals surface area contributed by atoms with Crippen LogP contribution < -0.4 is 5.32 Å². The number of hydrogen-bond acceptors (Lipinski definition) is 1. The SMILES string of the molecule is CCCNC(CC1CC2CCC1C2)C(C)C(C)C. The van der Waals surface area contributed by atoms with Gasteiger partial charge < -0.3 is 5.32 Å². The summed E-state index contributed by atoms with van der Waals surface area (Å²) in [6.45, 7) is 10.7. The van der Waals surface area contributed by atoms with Gasteiger partial charge in [0.05, 0.1) is 0 Å². The summed E-state index contributed by atoms with van der Waals surface area (Å²) in [5.74, 6) is 4.84. The van der Waals surface area contributed by atoms with Crippen LogP contribution in [0.2, 0.25) is 0 Å². The molecule has 2 aliphatic carbocycles. The first-order valence-corrected chi connectivity index (χ1v) is 8.35. The van der Waals surface area contributed by atoms with Gasteiger partial charge in [-0.15, -0.1) is 0 Å². The van der Waals surface area contributed by atoms with Crippen LogP contribution in [0.1, 0.15) is 66.2 Å². The van der Waals surface area contributed by atoms with Crippen LogP contribution in [0.25, 0.3) is 0 Å². The third-order valence-electron chi connectivity index (χ3n) is 5.78. The Balaban J connectivity index is 1.88. The van der Waals surface area contributed by atoms with E-state index in [4.69, 9.17) is 0 Å². The fourth-order valence-corrected chi connectivity index (χ4v) is 4.27. The number of fused-ring (bicyclic) bond motifs is 2. The van der Waals surface area contributed by atoms with Crippen molar-refractivity contribution in [3.8, 4) is 0 Å². The van der Waals surface area contributed by atoms with E-state index in [-0.39, 0.29) is 0 Å². The van der Waals surface area contributed by atoms with E-state index in [9.17, 15) is 0 Å². The summed E-state index contributed by atoms with van der Waals surface area (Å²) in [6.07, 6.45) is 8.87. The van der Waals surface area contributed by atoms with Gasteiger partial charge in [0.1, 0.15) is 0 Å². The topological polar surface area (TPSA) is 12.0 Å². The number of hydrogen-bond donors (Lipinski definition) is 1. The van der Waals surface area contributed by atoms with E-state index in [1.807, 2.05) is 0 Å². The summed E-state index contributed by atoms with van der Waals surface area (Å²) in [6, 6.07) is 0.759. The predicted octanol–water partition coefficient (Wildman–Crippen LogP) is 4.47. The molecule has 0 aromatic rings. The van der Waals surface area contributed by atoms with Gasteiger partial charge in [-0.2, -0.15) is 0 Å². The summed E-state index contributed by atoms with van der Waals surface area (Å²) < 4.78 is 0. The van der Waals surface area contributed by atoms with E-state index in [2.05, 4.69) is 33.0 Å². The van der Waals surface area contributed by atoms with E-state index in [0.717, 1.165) is 35.6 Å². The first-order valence-electron chi connectivity index (χ1n) is 8.35. The lowest BCUT2D eigenvalue weighted by Gasteiger charge is -2.33.